The largest absolute Gasteiger partial charge is 0.465 e. The van der Waals surface area contributed by atoms with Gasteiger partial charge in [-0.1, -0.05) is 6.08 Å². The summed E-state index contributed by atoms with van der Waals surface area (Å²) in [7, 11) is 1.30. The zero-order chi connectivity index (χ0) is 8.69. The van der Waals surface area contributed by atoms with Crippen LogP contribution in [0, 0.1) is 0 Å². The highest BCUT2D eigenvalue weighted by Crippen LogP contribution is 1.92. The summed E-state index contributed by atoms with van der Waals surface area (Å²) < 4.78 is 4.43. The van der Waals surface area contributed by atoms with Crippen molar-refractivity contribution in [1.29, 1.82) is 0 Å². The molecule has 0 radical (unpaired) electrons. The number of hydrazone groups is 1. The molecule has 0 aromatic heterocycles. The molecule has 0 aliphatic heterocycles. The monoisotopic (exact) mass is 157 g/mol. The summed E-state index contributed by atoms with van der Waals surface area (Å²) in [6.07, 6.45) is 2.86. The number of ether oxygens (including phenoxy) is 1. The molecule has 0 saturated carbocycles. The van der Waals surface area contributed by atoms with Crippen LogP contribution in [0.4, 0.5) is 0 Å². The molecule has 0 spiro atoms. The minimum atomic E-state index is -0.438. The van der Waals surface area contributed by atoms with Crippen molar-refractivity contribution in [2.75, 3.05) is 7.11 Å². The second kappa shape index (κ2) is 5.43. The summed E-state index contributed by atoms with van der Waals surface area (Å²) in [5.74, 6) is 4.41. The molecule has 3 N–H and O–H groups in total. The molecule has 0 amide bonds. The second-order valence-electron chi connectivity index (χ2n) is 1.62. The van der Waals surface area contributed by atoms with Crippen molar-refractivity contribution in [2.45, 2.75) is 6.92 Å². The standard InChI is InChI=1S/C6H11N3O2/c1-3-5(4-8-9-7)6(10)11-2/h3-4,9H,7H2,1-2H3/b5-3+,8-4-. The van der Waals surface area contributed by atoms with Gasteiger partial charge in [0.05, 0.1) is 18.9 Å². The van der Waals surface area contributed by atoms with Crippen LogP contribution >= 0.6 is 0 Å². The molecule has 11 heavy (non-hydrogen) atoms. The van der Waals surface area contributed by atoms with Gasteiger partial charge in [-0.15, -0.1) is 0 Å². The van der Waals surface area contributed by atoms with E-state index in [0.29, 0.717) is 5.57 Å². The average Bonchev–Trinajstić information content (AvgIpc) is 2.05. The lowest BCUT2D eigenvalue weighted by Crippen LogP contribution is -2.15. The van der Waals surface area contributed by atoms with Gasteiger partial charge in [-0.25, -0.2) is 16.2 Å². The number of rotatable bonds is 3. The van der Waals surface area contributed by atoms with Crippen LogP contribution in [0.5, 0.6) is 0 Å². The molecule has 0 rings (SSSR count). The third kappa shape index (κ3) is 3.36. The Bertz CT molecular complexity index is 186. The van der Waals surface area contributed by atoms with Crippen LogP contribution < -0.4 is 11.4 Å². The van der Waals surface area contributed by atoms with Crippen molar-refractivity contribution in [3.05, 3.63) is 11.6 Å². The highest BCUT2D eigenvalue weighted by molar-refractivity contribution is 6.09. The van der Waals surface area contributed by atoms with Gasteiger partial charge in [0.1, 0.15) is 0 Å². The summed E-state index contributed by atoms with van der Waals surface area (Å²) in [6.45, 7) is 1.70. The number of hydrogen-bond acceptors (Lipinski definition) is 5. The number of hydrogen-bond donors (Lipinski definition) is 2. The Morgan fingerprint density at radius 2 is 2.36 bits per heavy atom. The van der Waals surface area contributed by atoms with Gasteiger partial charge >= 0.3 is 5.97 Å². The molecule has 0 heterocycles. The van der Waals surface area contributed by atoms with Crippen molar-refractivity contribution in [2.24, 2.45) is 10.9 Å². The number of nitrogens with one attached hydrogen (secondary N) is 1. The van der Waals surface area contributed by atoms with E-state index >= 15 is 0 Å². The predicted molar refractivity (Wildman–Crippen MR) is 41.6 cm³/mol. The van der Waals surface area contributed by atoms with E-state index in [1.807, 2.05) is 5.53 Å². The van der Waals surface area contributed by atoms with Crippen LogP contribution in [-0.2, 0) is 9.53 Å². The molecule has 0 atom stereocenters. The van der Waals surface area contributed by atoms with Crippen LogP contribution in [0.15, 0.2) is 16.8 Å². The highest BCUT2D eigenvalue weighted by Gasteiger charge is 2.03. The summed E-state index contributed by atoms with van der Waals surface area (Å²) in [6, 6.07) is 0. The van der Waals surface area contributed by atoms with E-state index in [-0.39, 0.29) is 0 Å². The normalized spacial score (nSPS) is 11.7. The van der Waals surface area contributed by atoms with E-state index in [1.165, 1.54) is 13.3 Å². The molecule has 0 bridgehead atoms. The summed E-state index contributed by atoms with van der Waals surface area (Å²) in [5.41, 5.74) is 2.38. The molecule has 0 saturated heterocycles. The van der Waals surface area contributed by atoms with Crippen LogP contribution in [-0.4, -0.2) is 19.3 Å². The lowest BCUT2D eigenvalue weighted by molar-refractivity contribution is -0.135. The van der Waals surface area contributed by atoms with Gasteiger partial charge in [0, 0.05) is 0 Å². The Balaban J connectivity index is 4.19. The van der Waals surface area contributed by atoms with Crippen molar-refractivity contribution in [3.63, 3.8) is 0 Å². The van der Waals surface area contributed by atoms with Gasteiger partial charge in [0.25, 0.3) is 0 Å². The molecule has 0 fully saturated rings. The molecule has 62 valence electrons. The third-order valence-corrected chi connectivity index (χ3v) is 1.01. The molecule has 5 heteroatoms. The number of nitrogens with zero attached hydrogens (tertiary/aromatic N) is 1. The van der Waals surface area contributed by atoms with Crippen molar-refractivity contribution in [1.82, 2.24) is 5.53 Å². The van der Waals surface area contributed by atoms with E-state index in [9.17, 15) is 4.79 Å². The second-order valence-corrected chi connectivity index (χ2v) is 1.62. The maximum Gasteiger partial charge on any atom is 0.339 e. The fourth-order valence-electron chi connectivity index (χ4n) is 0.470. The molecule has 5 nitrogen and oxygen atoms in total. The first-order valence-electron chi connectivity index (χ1n) is 2.99. The first kappa shape index (κ1) is 9.64. The quantitative estimate of drug-likeness (QED) is 0.191. The predicted octanol–water partition coefficient (Wildman–Crippen LogP) is -0.445. The highest BCUT2D eigenvalue weighted by atomic mass is 16.5. The number of methoxy groups -OCH3 is 1. The SMILES string of the molecule is C/C=C(\C=N/NN)C(=O)OC. The number of carbonyl (C=O) groups is 1. The maximum atomic E-state index is 10.8. The van der Waals surface area contributed by atoms with E-state index in [0.717, 1.165) is 0 Å². The Hall–Kier alpha value is -1.36. The third-order valence-electron chi connectivity index (χ3n) is 1.01. The first-order valence-corrected chi connectivity index (χ1v) is 2.99. The van der Waals surface area contributed by atoms with Gasteiger partial charge in [-0.2, -0.15) is 5.10 Å². The lowest BCUT2D eigenvalue weighted by atomic mass is 10.3. The van der Waals surface area contributed by atoms with Gasteiger partial charge in [0.15, 0.2) is 0 Å². The molecule has 0 unspecified atom stereocenters. The fourth-order valence-corrected chi connectivity index (χ4v) is 0.470. The Morgan fingerprint density at radius 1 is 1.73 bits per heavy atom. The maximum absolute atomic E-state index is 10.8. The summed E-state index contributed by atoms with van der Waals surface area (Å²) in [5, 5.41) is 3.45. The molecular weight excluding hydrogens is 146 g/mol. The lowest BCUT2D eigenvalue weighted by Gasteiger charge is -1.96. The number of carbonyl (C=O) groups excluding carboxylic acids is 1. The fraction of sp³-hybridized carbons (Fsp3) is 0.333. The Morgan fingerprint density at radius 3 is 2.73 bits per heavy atom. The zero-order valence-electron chi connectivity index (χ0n) is 6.50. The smallest absolute Gasteiger partial charge is 0.339 e. The Kier molecular flexibility index (Phi) is 4.76. The number of hydrazine groups is 1. The van der Waals surface area contributed by atoms with Crippen LogP contribution in [0.1, 0.15) is 6.92 Å². The van der Waals surface area contributed by atoms with E-state index < -0.39 is 5.97 Å². The molecule has 0 aromatic rings. The minimum absolute atomic E-state index is 0.352. The summed E-state index contributed by atoms with van der Waals surface area (Å²) >= 11 is 0. The number of nitrogens with two attached hydrogens (primary N) is 1. The van der Waals surface area contributed by atoms with Crippen molar-refractivity contribution < 1.29 is 9.53 Å². The number of allylic oxidation sites excluding steroid dienone is 1. The van der Waals surface area contributed by atoms with Crippen LogP contribution in [0.3, 0.4) is 0 Å². The van der Waals surface area contributed by atoms with Crippen molar-refractivity contribution >= 4 is 12.2 Å². The van der Waals surface area contributed by atoms with Gasteiger partial charge in [-0.3, -0.25) is 0 Å². The molecule has 0 aromatic carbocycles. The van der Waals surface area contributed by atoms with E-state index in [4.69, 9.17) is 5.84 Å². The topological polar surface area (TPSA) is 76.7 Å². The van der Waals surface area contributed by atoms with Crippen LogP contribution in [0.25, 0.3) is 0 Å². The molecule has 0 aliphatic carbocycles. The van der Waals surface area contributed by atoms with Gasteiger partial charge in [-0.05, 0) is 6.92 Å². The zero-order valence-corrected chi connectivity index (χ0v) is 6.50. The van der Waals surface area contributed by atoms with E-state index in [2.05, 4.69) is 9.84 Å². The minimum Gasteiger partial charge on any atom is -0.465 e. The van der Waals surface area contributed by atoms with Crippen molar-refractivity contribution in [3.8, 4) is 0 Å². The average molecular weight is 157 g/mol. The van der Waals surface area contributed by atoms with E-state index in [1.54, 1.807) is 13.0 Å². The molecule has 0 aliphatic rings. The van der Waals surface area contributed by atoms with Gasteiger partial charge < -0.3 is 4.74 Å². The van der Waals surface area contributed by atoms with Gasteiger partial charge in [0.2, 0.25) is 0 Å². The number of esters is 1. The van der Waals surface area contributed by atoms with Crippen LogP contribution in [0.2, 0.25) is 0 Å². The first-order chi connectivity index (χ1) is 5.26. The molecular formula is C6H11N3O2. The summed E-state index contributed by atoms with van der Waals surface area (Å²) in [4.78, 5) is 10.8. The Labute approximate surface area is 64.9 Å².